The van der Waals surface area contributed by atoms with Crippen molar-refractivity contribution >= 4 is 21.8 Å². The van der Waals surface area contributed by atoms with E-state index in [1.54, 1.807) is 6.20 Å². The third-order valence-corrected chi connectivity index (χ3v) is 2.51. The fourth-order valence-corrected chi connectivity index (χ4v) is 1.70. The highest BCUT2D eigenvalue weighted by Crippen LogP contribution is 2.29. The average molecular weight is 197 g/mol. The second-order valence-electron chi connectivity index (χ2n) is 1.71. The molecular weight excluding hydrogens is 190 g/mol. The summed E-state index contributed by atoms with van der Waals surface area (Å²) in [5, 5.41) is 4.51. The summed E-state index contributed by atoms with van der Waals surface area (Å²) in [4.78, 5) is 4.09. The summed E-state index contributed by atoms with van der Waals surface area (Å²) in [7, 11) is 2.73. The van der Waals surface area contributed by atoms with Crippen molar-refractivity contribution in [1.82, 2.24) is 4.98 Å². The lowest BCUT2D eigenvalue weighted by molar-refractivity contribution is 1.14. The normalized spacial score (nSPS) is 10.3. The van der Waals surface area contributed by atoms with Crippen molar-refractivity contribution < 1.29 is 0 Å². The van der Waals surface area contributed by atoms with Gasteiger partial charge in [0, 0.05) is 12.4 Å². The Morgan fingerprint density at radius 1 is 1.50 bits per heavy atom. The number of pyridine rings is 1. The molecule has 0 aromatic carbocycles. The molecule has 0 radical (unpaired) electrons. The van der Waals surface area contributed by atoms with Crippen LogP contribution in [0, 0.1) is 0 Å². The minimum atomic E-state index is 0.922. The maximum atomic E-state index is 4.09. The van der Waals surface area contributed by atoms with Gasteiger partial charge in [-0.15, -0.1) is 4.52 Å². The van der Waals surface area contributed by atoms with Crippen molar-refractivity contribution in [2.45, 2.75) is 5.03 Å². The van der Waals surface area contributed by atoms with Crippen molar-refractivity contribution in [3.05, 3.63) is 37.2 Å². The average Bonchev–Trinajstić information content (AvgIpc) is 2.14. The van der Waals surface area contributed by atoms with Crippen LogP contribution >= 0.6 is 21.8 Å². The van der Waals surface area contributed by atoms with Crippen LogP contribution in [0.5, 0.6) is 0 Å². The zero-order chi connectivity index (χ0) is 8.65. The Bertz CT molecular complexity index is 261. The molecule has 0 N–H and O–H groups in total. The van der Waals surface area contributed by atoms with Crippen molar-refractivity contribution in [2.24, 2.45) is 9.63 Å². The maximum Gasteiger partial charge on any atom is 0.108 e. The fourth-order valence-electron chi connectivity index (χ4n) is 0.504. The molecule has 1 rings (SSSR count). The molecule has 0 aliphatic heterocycles. The smallest absolute Gasteiger partial charge is 0.108 e. The molecule has 3 nitrogen and oxygen atoms in total. The first-order valence-corrected chi connectivity index (χ1v) is 5.30. The second-order valence-corrected chi connectivity index (χ2v) is 3.55. The fraction of sp³-hybridized carbons (Fsp3) is 0. The predicted octanol–water partition coefficient (Wildman–Crippen LogP) is 3.33. The van der Waals surface area contributed by atoms with E-state index in [1.165, 1.54) is 28.0 Å². The van der Waals surface area contributed by atoms with Gasteiger partial charge in [-0.2, -0.15) is 5.11 Å². The summed E-state index contributed by atoms with van der Waals surface area (Å²) in [5.41, 5.74) is 0. The Morgan fingerprint density at radius 3 is 3.08 bits per heavy atom. The maximum absolute atomic E-state index is 4.09. The molecule has 0 atom stereocenters. The Morgan fingerprint density at radius 2 is 2.42 bits per heavy atom. The van der Waals surface area contributed by atoms with Crippen LogP contribution < -0.4 is 0 Å². The SMILES string of the molecule is C=CN=NSSc1ccccn1. The molecule has 0 aliphatic carbocycles. The monoisotopic (exact) mass is 197 g/mol. The summed E-state index contributed by atoms with van der Waals surface area (Å²) >= 11 is 0. The Labute approximate surface area is 78.9 Å². The Hall–Kier alpha value is -0.810. The molecule has 1 aromatic rings. The van der Waals surface area contributed by atoms with Crippen LogP contribution in [0.3, 0.4) is 0 Å². The van der Waals surface area contributed by atoms with E-state index in [0.29, 0.717) is 0 Å². The lowest BCUT2D eigenvalue weighted by Crippen LogP contribution is -1.71. The first-order valence-electron chi connectivity index (χ1n) is 3.19. The van der Waals surface area contributed by atoms with Gasteiger partial charge in [0.2, 0.25) is 0 Å². The van der Waals surface area contributed by atoms with Gasteiger partial charge in [-0.25, -0.2) is 4.98 Å². The highest BCUT2D eigenvalue weighted by molar-refractivity contribution is 8.76. The van der Waals surface area contributed by atoms with Crippen molar-refractivity contribution in [2.75, 3.05) is 0 Å². The highest BCUT2D eigenvalue weighted by Gasteiger charge is 1.91. The topological polar surface area (TPSA) is 37.6 Å². The first-order chi connectivity index (χ1) is 5.93. The molecule has 0 fully saturated rings. The van der Waals surface area contributed by atoms with E-state index in [9.17, 15) is 0 Å². The zero-order valence-corrected chi connectivity index (χ0v) is 7.88. The molecule has 0 amide bonds. The molecule has 0 unspecified atom stereocenters. The van der Waals surface area contributed by atoms with Crippen LogP contribution in [-0.2, 0) is 0 Å². The van der Waals surface area contributed by atoms with Gasteiger partial charge in [0.15, 0.2) is 0 Å². The number of aromatic nitrogens is 1. The Kier molecular flexibility index (Phi) is 4.48. The van der Waals surface area contributed by atoms with E-state index in [4.69, 9.17) is 0 Å². The lowest BCUT2D eigenvalue weighted by atomic mass is 10.5. The van der Waals surface area contributed by atoms with Crippen LogP contribution in [0.1, 0.15) is 0 Å². The molecule has 1 heterocycles. The van der Waals surface area contributed by atoms with E-state index in [1.807, 2.05) is 18.2 Å². The zero-order valence-electron chi connectivity index (χ0n) is 6.25. The summed E-state index contributed by atoms with van der Waals surface area (Å²) < 4.78 is 3.73. The molecule has 5 heteroatoms. The van der Waals surface area contributed by atoms with E-state index in [0.717, 1.165) is 5.03 Å². The summed E-state index contributed by atoms with van der Waals surface area (Å²) in [5.74, 6) is 0. The summed E-state index contributed by atoms with van der Waals surface area (Å²) in [6.07, 6.45) is 3.14. The second kappa shape index (κ2) is 5.79. The third kappa shape index (κ3) is 3.54. The molecule has 0 saturated carbocycles. The predicted molar refractivity (Wildman–Crippen MR) is 52.7 cm³/mol. The molecule has 0 bridgehead atoms. The van der Waals surface area contributed by atoms with Crippen LogP contribution in [0.2, 0.25) is 0 Å². The van der Waals surface area contributed by atoms with Crippen LogP contribution in [0.15, 0.2) is 51.8 Å². The molecule has 0 saturated heterocycles. The number of hydrogen-bond acceptors (Lipinski definition) is 5. The molecule has 0 spiro atoms. The van der Waals surface area contributed by atoms with E-state index in [-0.39, 0.29) is 0 Å². The molecule has 1 aromatic heterocycles. The van der Waals surface area contributed by atoms with Crippen LogP contribution in [0.4, 0.5) is 0 Å². The van der Waals surface area contributed by atoms with E-state index in [2.05, 4.69) is 21.2 Å². The van der Waals surface area contributed by atoms with Crippen molar-refractivity contribution in [1.29, 1.82) is 0 Å². The van der Waals surface area contributed by atoms with Crippen molar-refractivity contribution in [3.8, 4) is 0 Å². The van der Waals surface area contributed by atoms with Gasteiger partial charge in [0.05, 0.1) is 11.0 Å². The minimum absolute atomic E-state index is 0.922. The van der Waals surface area contributed by atoms with Gasteiger partial charge < -0.3 is 0 Å². The molecule has 62 valence electrons. The molecule has 0 aliphatic rings. The standard InChI is InChI=1S/C7H7N3S2/c1-2-9-10-12-11-7-5-3-4-6-8-7/h2-6H,1H2. The van der Waals surface area contributed by atoms with Gasteiger partial charge in [0.25, 0.3) is 0 Å². The van der Waals surface area contributed by atoms with Crippen molar-refractivity contribution in [3.63, 3.8) is 0 Å². The quantitative estimate of drug-likeness (QED) is 0.422. The molecule has 12 heavy (non-hydrogen) atoms. The third-order valence-electron chi connectivity index (χ3n) is 0.923. The van der Waals surface area contributed by atoms with Gasteiger partial charge >= 0.3 is 0 Å². The molecular formula is C7H7N3S2. The number of nitrogens with zero attached hydrogens (tertiary/aromatic N) is 3. The summed E-state index contributed by atoms with van der Waals surface area (Å²) in [6.45, 7) is 3.41. The van der Waals surface area contributed by atoms with Gasteiger partial charge in [-0.3, -0.25) is 0 Å². The van der Waals surface area contributed by atoms with Gasteiger partial charge in [-0.1, -0.05) is 12.6 Å². The number of rotatable bonds is 4. The number of hydrogen-bond donors (Lipinski definition) is 0. The van der Waals surface area contributed by atoms with E-state index >= 15 is 0 Å². The Balaban J connectivity index is 2.33. The minimum Gasteiger partial charge on any atom is -0.249 e. The summed E-state index contributed by atoms with van der Waals surface area (Å²) in [6, 6.07) is 5.72. The van der Waals surface area contributed by atoms with Crippen LogP contribution in [-0.4, -0.2) is 4.98 Å². The van der Waals surface area contributed by atoms with Gasteiger partial charge in [0.1, 0.15) is 5.03 Å². The van der Waals surface area contributed by atoms with Gasteiger partial charge in [-0.05, 0) is 22.9 Å². The van der Waals surface area contributed by atoms with E-state index < -0.39 is 0 Å². The highest BCUT2D eigenvalue weighted by atomic mass is 33.1. The lowest BCUT2D eigenvalue weighted by Gasteiger charge is -1.91. The largest absolute Gasteiger partial charge is 0.249 e. The first kappa shape index (κ1) is 9.28. The van der Waals surface area contributed by atoms with Crippen LogP contribution in [0.25, 0.3) is 0 Å².